The van der Waals surface area contributed by atoms with Gasteiger partial charge in [-0.05, 0) is 51.3 Å². The highest BCUT2D eigenvalue weighted by atomic mass is 16.5. The molecule has 1 aliphatic heterocycles. The number of nitrogens with one attached hydrogen (secondary N) is 1. The van der Waals surface area contributed by atoms with E-state index in [9.17, 15) is 14.9 Å². The minimum atomic E-state index is -0.437. The Hall–Kier alpha value is -3.18. The van der Waals surface area contributed by atoms with Gasteiger partial charge in [-0.25, -0.2) is 4.98 Å². The van der Waals surface area contributed by atoms with Crippen molar-refractivity contribution in [3.63, 3.8) is 0 Å². The van der Waals surface area contributed by atoms with Crippen LogP contribution in [0.15, 0.2) is 28.7 Å². The number of hydrogen-bond acceptors (Lipinski definition) is 6. The maximum absolute atomic E-state index is 13.6. The maximum atomic E-state index is 13.6. The first-order valence-electron chi connectivity index (χ1n) is 11.7. The van der Waals surface area contributed by atoms with Gasteiger partial charge in [-0.1, -0.05) is 25.3 Å². The molecule has 8 heteroatoms. The molecular formula is C25H31N5O3. The minimum absolute atomic E-state index is 0.0345. The topological polar surface area (TPSA) is 99.7 Å². The van der Waals surface area contributed by atoms with Gasteiger partial charge in [-0.2, -0.15) is 5.26 Å². The second-order valence-corrected chi connectivity index (χ2v) is 9.18. The van der Waals surface area contributed by atoms with E-state index in [0.29, 0.717) is 24.6 Å². The number of hydrogen-bond donors (Lipinski definition) is 1. The lowest BCUT2D eigenvalue weighted by molar-refractivity contribution is -0.117. The van der Waals surface area contributed by atoms with Crippen LogP contribution in [0.2, 0.25) is 0 Å². The third-order valence-corrected chi connectivity index (χ3v) is 6.38. The molecule has 0 aromatic carbocycles. The van der Waals surface area contributed by atoms with E-state index in [-0.39, 0.29) is 34.9 Å². The summed E-state index contributed by atoms with van der Waals surface area (Å²) in [6, 6.07) is 5.77. The minimum Gasteiger partial charge on any atom is -0.372 e. The Morgan fingerprint density at radius 3 is 2.61 bits per heavy atom. The molecule has 2 aromatic heterocycles. The van der Waals surface area contributed by atoms with Gasteiger partial charge in [0.1, 0.15) is 23.1 Å². The first-order valence-corrected chi connectivity index (χ1v) is 11.7. The normalized spacial score (nSPS) is 22.2. The van der Waals surface area contributed by atoms with Gasteiger partial charge >= 0.3 is 0 Å². The van der Waals surface area contributed by atoms with E-state index < -0.39 is 5.91 Å². The number of nitrogens with zero attached hydrogens (tertiary/aromatic N) is 4. The van der Waals surface area contributed by atoms with Crippen molar-refractivity contribution in [2.45, 2.75) is 71.1 Å². The Kier molecular flexibility index (Phi) is 6.80. The van der Waals surface area contributed by atoms with E-state index in [0.717, 1.165) is 31.2 Å². The van der Waals surface area contributed by atoms with E-state index in [4.69, 9.17) is 9.72 Å². The molecule has 174 valence electrons. The Morgan fingerprint density at radius 1 is 1.24 bits per heavy atom. The lowest BCUT2D eigenvalue weighted by Gasteiger charge is -2.36. The first-order chi connectivity index (χ1) is 15.9. The van der Waals surface area contributed by atoms with Crippen LogP contribution in [0, 0.1) is 18.3 Å². The van der Waals surface area contributed by atoms with Crippen molar-refractivity contribution in [1.82, 2.24) is 14.7 Å². The number of morpholine rings is 1. The van der Waals surface area contributed by atoms with Crippen LogP contribution in [0.3, 0.4) is 0 Å². The molecule has 8 nitrogen and oxygen atoms in total. The van der Waals surface area contributed by atoms with Crippen LogP contribution in [0.1, 0.15) is 57.1 Å². The quantitative estimate of drug-likeness (QED) is 0.569. The molecule has 1 aliphatic carbocycles. The summed E-state index contributed by atoms with van der Waals surface area (Å²) in [5.41, 5.74) is 1.30. The zero-order valence-corrected chi connectivity index (χ0v) is 19.5. The average molecular weight is 450 g/mol. The monoisotopic (exact) mass is 449 g/mol. The first kappa shape index (κ1) is 23.0. The van der Waals surface area contributed by atoms with Crippen LogP contribution < -0.4 is 15.8 Å². The van der Waals surface area contributed by atoms with Gasteiger partial charge in [-0.15, -0.1) is 0 Å². The summed E-state index contributed by atoms with van der Waals surface area (Å²) >= 11 is 0. The van der Waals surface area contributed by atoms with Crippen molar-refractivity contribution in [2.75, 3.05) is 18.0 Å². The fraction of sp³-hybridized carbons (Fsp3) is 0.520. The summed E-state index contributed by atoms with van der Waals surface area (Å²) in [4.78, 5) is 33.3. The molecule has 2 aliphatic rings. The average Bonchev–Trinajstić information content (AvgIpc) is 2.79. The number of carbonyl (C=O) groups is 1. The summed E-state index contributed by atoms with van der Waals surface area (Å²) in [5.74, 6) is 0.0438. The summed E-state index contributed by atoms with van der Waals surface area (Å²) in [6.45, 7) is 7.00. The van der Waals surface area contributed by atoms with E-state index in [1.807, 2.05) is 37.8 Å². The molecule has 1 saturated heterocycles. The zero-order valence-electron chi connectivity index (χ0n) is 19.5. The summed E-state index contributed by atoms with van der Waals surface area (Å²) in [6.07, 6.45) is 8.15. The Bertz CT molecular complexity index is 1160. The number of nitriles is 1. The molecule has 1 amide bonds. The van der Waals surface area contributed by atoms with Gasteiger partial charge in [0, 0.05) is 25.3 Å². The van der Waals surface area contributed by atoms with Crippen LogP contribution >= 0.6 is 0 Å². The fourth-order valence-corrected chi connectivity index (χ4v) is 4.82. The number of aromatic nitrogens is 2. The standard InChI is InChI=1S/C25H31N5O3/c1-16-8-7-11-30-22(16)28-23(29-14-17(2)33-18(3)15-29)21(25(30)32)12-19(13-26)24(31)27-20-9-5-4-6-10-20/h7-8,11-12,17-18,20H,4-6,9-10,14-15H2,1-3H3,(H,27,31)/b19-12+/t17-,18+. The van der Waals surface area contributed by atoms with Crippen molar-refractivity contribution in [3.8, 4) is 6.07 Å². The predicted octanol–water partition coefficient (Wildman–Crippen LogP) is 2.97. The molecule has 33 heavy (non-hydrogen) atoms. The van der Waals surface area contributed by atoms with Crippen LogP contribution in [-0.4, -0.2) is 46.6 Å². The Morgan fingerprint density at radius 2 is 1.94 bits per heavy atom. The number of fused-ring (bicyclic) bond motifs is 1. The lowest BCUT2D eigenvalue weighted by Crippen LogP contribution is -2.46. The molecule has 2 aromatic rings. The highest BCUT2D eigenvalue weighted by molar-refractivity contribution is 6.02. The zero-order chi connectivity index (χ0) is 23.5. The van der Waals surface area contributed by atoms with Gasteiger partial charge < -0.3 is 15.0 Å². The molecule has 1 saturated carbocycles. The van der Waals surface area contributed by atoms with Crippen LogP contribution in [0.25, 0.3) is 11.7 Å². The summed E-state index contributed by atoms with van der Waals surface area (Å²) in [5, 5.41) is 12.8. The number of rotatable bonds is 4. The summed E-state index contributed by atoms with van der Waals surface area (Å²) < 4.78 is 7.34. The molecule has 0 bridgehead atoms. The summed E-state index contributed by atoms with van der Waals surface area (Å²) in [7, 11) is 0. The fourth-order valence-electron chi connectivity index (χ4n) is 4.82. The van der Waals surface area contributed by atoms with E-state index in [2.05, 4.69) is 5.32 Å². The molecule has 1 N–H and O–H groups in total. The molecule has 4 rings (SSSR count). The van der Waals surface area contributed by atoms with E-state index >= 15 is 0 Å². The van der Waals surface area contributed by atoms with Gasteiger partial charge in [0.25, 0.3) is 11.5 Å². The van der Waals surface area contributed by atoms with Gasteiger partial charge in [0.2, 0.25) is 0 Å². The molecule has 0 unspecified atom stereocenters. The predicted molar refractivity (Wildman–Crippen MR) is 127 cm³/mol. The second-order valence-electron chi connectivity index (χ2n) is 9.18. The van der Waals surface area contributed by atoms with Crippen molar-refractivity contribution >= 4 is 23.4 Å². The third-order valence-electron chi connectivity index (χ3n) is 6.38. The highest BCUT2D eigenvalue weighted by Crippen LogP contribution is 2.24. The largest absolute Gasteiger partial charge is 0.372 e. The van der Waals surface area contributed by atoms with E-state index in [1.165, 1.54) is 16.9 Å². The number of carbonyl (C=O) groups excluding carboxylic acids is 1. The Balaban J connectivity index is 1.80. The highest BCUT2D eigenvalue weighted by Gasteiger charge is 2.27. The molecule has 2 atom stereocenters. The van der Waals surface area contributed by atoms with Gasteiger partial charge in [0.15, 0.2) is 0 Å². The van der Waals surface area contributed by atoms with Crippen molar-refractivity contribution < 1.29 is 9.53 Å². The molecule has 0 spiro atoms. The number of pyridine rings is 1. The maximum Gasteiger partial charge on any atom is 0.267 e. The van der Waals surface area contributed by atoms with Crippen LogP contribution in [0.5, 0.6) is 0 Å². The van der Waals surface area contributed by atoms with E-state index in [1.54, 1.807) is 12.3 Å². The molecule has 2 fully saturated rings. The van der Waals surface area contributed by atoms with Gasteiger partial charge in [0.05, 0.1) is 17.8 Å². The lowest BCUT2D eigenvalue weighted by atomic mass is 9.95. The Labute approximate surface area is 193 Å². The smallest absolute Gasteiger partial charge is 0.267 e. The van der Waals surface area contributed by atoms with Crippen molar-refractivity contribution in [1.29, 1.82) is 5.26 Å². The number of aryl methyl sites for hydroxylation is 1. The van der Waals surface area contributed by atoms with Crippen molar-refractivity contribution in [2.24, 2.45) is 0 Å². The van der Waals surface area contributed by atoms with Crippen molar-refractivity contribution in [3.05, 3.63) is 45.4 Å². The third kappa shape index (κ3) is 4.93. The number of amides is 1. The molecular weight excluding hydrogens is 418 g/mol. The number of ether oxygens (including phenoxy) is 1. The SMILES string of the molecule is Cc1cccn2c(=O)c(/C=C(\C#N)C(=O)NC3CCCCC3)c(N3C[C@@H](C)O[C@@H](C)C3)nc12. The second kappa shape index (κ2) is 9.75. The van der Waals surface area contributed by atoms with Crippen LogP contribution in [0.4, 0.5) is 5.82 Å². The van der Waals surface area contributed by atoms with Crippen LogP contribution in [-0.2, 0) is 9.53 Å². The number of anilines is 1. The molecule has 0 radical (unpaired) electrons. The molecule has 3 heterocycles. The van der Waals surface area contributed by atoms with Gasteiger partial charge in [-0.3, -0.25) is 14.0 Å².